The van der Waals surface area contributed by atoms with Gasteiger partial charge in [0.1, 0.15) is 5.75 Å². The summed E-state index contributed by atoms with van der Waals surface area (Å²) in [5.41, 5.74) is 1.34. The minimum atomic E-state index is -0.600. The molecule has 55 valence electrons. The van der Waals surface area contributed by atoms with Crippen LogP contribution in [0, 0.1) is 6.07 Å². The van der Waals surface area contributed by atoms with Gasteiger partial charge in [0.15, 0.2) is 0 Å². The van der Waals surface area contributed by atoms with E-state index in [-0.39, 0.29) is 5.75 Å². The number of phenols is 1. The monoisotopic (exact) mass is 147 g/mol. The van der Waals surface area contributed by atoms with E-state index in [1.807, 2.05) is 0 Å². The lowest BCUT2D eigenvalue weighted by Gasteiger charge is -2.03. The standard InChI is InChI=1S/C9H7O2/c10-8-3-1-2-6-7(8)4-5-9(6)11/h1,3-5,9-11H. The molecule has 0 fully saturated rings. The summed E-state index contributed by atoms with van der Waals surface area (Å²) in [4.78, 5) is 0. The highest BCUT2D eigenvalue weighted by Gasteiger charge is 2.16. The van der Waals surface area contributed by atoms with E-state index < -0.39 is 6.10 Å². The summed E-state index contributed by atoms with van der Waals surface area (Å²) in [6.45, 7) is 0. The molecule has 0 amide bonds. The third-order valence-electron chi connectivity index (χ3n) is 1.79. The van der Waals surface area contributed by atoms with Crippen molar-refractivity contribution in [3.05, 3.63) is 35.4 Å². The lowest BCUT2D eigenvalue weighted by atomic mass is 10.1. The van der Waals surface area contributed by atoms with Crippen molar-refractivity contribution in [2.75, 3.05) is 0 Å². The summed E-state index contributed by atoms with van der Waals surface area (Å²) >= 11 is 0. The molecule has 1 aromatic carbocycles. The van der Waals surface area contributed by atoms with Gasteiger partial charge in [-0.2, -0.15) is 0 Å². The SMILES string of the molecule is Oc1cc[c]c2c1C=CC2O. The topological polar surface area (TPSA) is 40.5 Å². The van der Waals surface area contributed by atoms with Crippen LogP contribution in [-0.4, -0.2) is 10.2 Å². The van der Waals surface area contributed by atoms with Crippen LogP contribution in [0.25, 0.3) is 6.08 Å². The average molecular weight is 147 g/mol. The molecule has 2 N–H and O–H groups in total. The van der Waals surface area contributed by atoms with Crippen LogP contribution in [0.1, 0.15) is 17.2 Å². The smallest absolute Gasteiger partial charge is 0.123 e. The first-order valence-electron chi connectivity index (χ1n) is 3.39. The molecule has 2 rings (SSSR count). The second kappa shape index (κ2) is 2.10. The number of hydrogen-bond donors (Lipinski definition) is 2. The van der Waals surface area contributed by atoms with Gasteiger partial charge in [-0.1, -0.05) is 18.2 Å². The predicted octanol–water partition coefficient (Wildman–Crippen LogP) is 1.25. The summed E-state index contributed by atoms with van der Waals surface area (Å²) < 4.78 is 0. The quantitative estimate of drug-likeness (QED) is 0.579. The van der Waals surface area contributed by atoms with Crippen LogP contribution < -0.4 is 0 Å². The highest BCUT2D eigenvalue weighted by molar-refractivity contribution is 5.66. The molecule has 2 nitrogen and oxygen atoms in total. The number of hydrogen-bond acceptors (Lipinski definition) is 2. The second-order valence-corrected chi connectivity index (χ2v) is 2.49. The molecule has 0 bridgehead atoms. The van der Waals surface area contributed by atoms with E-state index in [2.05, 4.69) is 6.07 Å². The molecule has 1 atom stereocenters. The van der Waals surface area contributed by atoms with Gasteiger partial charge >= 0.3 is 0 Å². The fourth-order valence-corrected chi connectivity index (χ4v) is 1.22. The van der Waals surface area contributed by atoms with Gasteiger partial charge in [0, 0.05) is 11.1 Å². The number of benzene rings is 1. The number of fused-ring (bicyclic) bond motifs is 1. The van der Waals surface area contributed by atoms with Crippen molar-refractivity contribution in [1.29, 1.82) is 0 Å². The van der Waals surface area contributed by atoms with Crippen molar-refractivity contribution in [2.24, 2.45) is 0 Å². The molecule has 1 aromatic rings. The predicted molar refractivity (Wildman–Crippen MR) is 40.9 cm³/mol. The van der Waals surface area contributed by atoms with Crippen molar-refractivity contribution >= 4 is 6.08 Å². The molecule has 1 radical (unpaired) electrons. The van der Waals surface area contributed by atoms with Gasteiger partial charge < -0.3 is 10.2 Å². The molecule has 1 aliphatic carbocycles. The maximum absolute atomic E-state index is 9.28. The average Bonchev–Trinajstić information content (AvgIpc) is 2.35. The maximum Gasteiger partial charge on any atom is 0.123 e. The Bertz CT molecular complexity index is 315. The molecular formula is C9H7O2. The molecule has 11 heavy (non-hydrogen) atoms. The van der Waals surface area contributed by atoms with E-state index in [0.29, 0.717) is 11.1 Å². The number of aliphatic hydroxyl groups is 1. The Hall–Kier alpha value is -1.28. The molecule has 1 aliphatic rings. The Morgan fingerprint density at radius 2 is 2.27 bits per heavy atom. The van der Waals surface area contributed by atoms with Gasteiger partial charge in [0.05, 0.1) is 6.10 Å². The third kappa shape index (κ3) is 0.835. The van der Waals surface area contributed by atoms with E-state index >= 15 is 0 Å². The summed E-state index contributed by atoms with van der Waals surface area (Å²) in [6.07, 6.45) is 2.73. The lowest BCUT2D eigenvalue weighted by molar-refractivity contribution is 0.231. The molecule has 0 aliphatic heterocycles. The highest BCUT2D eigenvalue weighted by atomic mass is 16.3. The van der Waals surface area contributed by atoms with Gasteiger partial charge in [0.2, 0.25) is 0 Å². The van der Waals surface area contributed by atoms with Gasteiger partial charge in [-0.3, -0.25) is 0 Å². The third-order valence-corrected chi connectivity index (χ3v) is 1.79. The molecule has 2 heteroatoms. The number of rotatable bonds is 0. The Labute approximate surface area is 64.4 Å². The summed E-state index contributed by atoms with van der Waals surface area (Å²) in [5.74, 6) is 0.201. The van der Waals surface area contributed by atoms with Crippen molar-refractivity contribution in [2.45, 2.75) is 6.10 Å². The molecule has 0 heterocycles. The second-order valence-electron chi connectivity index (χ2n) is 2.49. The first-order valence-corrected chi connectivity index (χ1v) is 3.39. The van der Waals surface area contributed by atoms with Crippen LogP contribution in [-0.2, 0) is 0 Å². The Morgan fingerprint density at radius 1 is 1.45 bits per heavy atom. The molecule has 0 saturated heterocycles. The van der Waals surface area contributed by atoms with Crippen molar-refractivity contribution in [1.82, 2.24) is 0 Å². The normalized spacial score (nSPS) is 20.3. The zero-order valence-corrected chi connectivity index (χ0v) is 5.78. The molecular weight excluding hydrogens is 140 g/mol. The Morgan fingerprint density at radius 3 is 3.00 bits per heavy atom. The van der Waals surface area contributed by atoms with Crippen molar-refractivity contribution in [3.63, 3.8) is 0 Å². The van der Waals surface area contributed by atoms with Crippen molar-refractivity contribution in [3.8, 4) is 5.75 Å². The molecule has 0 aromatic heterocycles. The van der Waals surface area contributed by atoms with Gasteiger partial charge in [0.25, 0.3) is 0 Å². The van der Waals surface area contributed by atoms with E-state index in [4.69, 9.17) is 0 Å². The zero-order valence-electron chi connectivity index (χ0n) is 5.78. The number of aliphatic hydroxyl groups excluding tert-OH is 1. The fraction of sp³-hybridized carbons (Fsp3) is 0.111. The zero-order chi connectivity index (χ0) is 7.84. The fourth-order valence-electron chi connectivity index (χ4n) is 1.22. The lowest BCUT2D eigenvalue weighted by Crippen LogP contribution is -1.89. The number of phenolic OH excluding ortho intramolecular Hbond substituents is 1. The van der Waals surface area contributed by atoms with Crippen molar-refractivity contribution < 1.29 is 10.2 Å². The van der Waals surface area contributed by atoms with E-state index in [1.165, 1.54) is 0 Å². The van der Waals surface area contributed by atoms with E-state index in [0.717, 1.165) is 0 Å². The molecule has 1 unspecified atom stereocenters. The van der Waals surface area contributed by atoms with Crippen LogP contribution in [0.2, 0.25) is 0 Å². The Balaban J connectivity index is 2.65. The van der Waals surface area contributed by atoms with E-state index in [9.17, 15) is 10.2 Å². The Kier molecular flexibility index (Phi) is 1.23. The highest BCUT2D eigenvalue weighted by Crippen LogP contribution is 2.32. The first kappa shape index (κ1) is 6.43. The minimum absolute atomic E-state index is 0.201. The van der Waals surface area contributed by atoms with E-state index in [1.54, 1.807) is 24.3 Å². The minimum Gasteiger partial charge on any atom is -0.507 e. The number of aromatic hydroxyl groups is 1. The van der Waals surface area contributed by atoms with Crippen LogP contribution in [0.3, 0.4) is 0 Å². The van der Waals surface area contributed by atoms with Crippen LogP contribution in [0.4, 0.5) is 0 Å². The van der Waals surface area contributed by atoms with Gasteiger partial charge in [-0.15, -0.1) is 0 Å². The summed E-state index contributed by atoms with van der Waals surface area (Å²) in [6, 6.07) is 6.03. The molecule has 0 saturated carbocycles. The van der Waals surface area contributed by atoms with Crippen LogP contribution >= 0.6 is 0 Å². The van der Waals surface area contributed by atoms with Gasteiger partial charge in [-0.05, 0) is 12.1 Å². The molecule has 0 spiro atoms. The van der Waals surface area contributed by atoms with Crippen LogP contribution in [0.5, 0.6) is 5.75 Å². The largest absolute Gasteiger partial charge is 0.507 e. The summed E-state index contributed by atoms with van der Waals surface area (Å²) in [5, 5.41) is 18.5. The maximum atomic E-state index is 9.28. The first-order chi connectivity index (χ1) is 5.29. The summed E-state index contributed by atoms with van der Waals surface area (Å²) in [7, 11) is 0. The van der Waals surface area contributed by atoms with Gasteiger partial charge in [-0.25, -0.2) is 0 Å². The van der Waals surface area contributed by atoms with Crippen LogP contribution in [0.15, 0.2) is 18.2 Å².